The molecule has 230 valence electrons. The molecule has 4 aliphatic carbocycles. The van der Waals surface area contributed by atoms with Crippen LogP contribution in [0.25, 0.3) is 0 Å². The summed E-state index contributed by atoms with van der Waals surface area (Å²) in [4.78, 5) is 35.6. The highest BCUT2D eigenvalue weighted by molar-refractivity contribution is 7.86. The Morgan fingerprint density at radius 3 is 2.24 bits per heavy atom. The fraction of sp³-hybridized carbons (Fsp3) is 0.731. The highest BCUT2D eigenvalue weighted by Crippen LogP contribution is 2.72. The molecule has 0 heterocycles. The van der Waals surface area contributed by atoms with Crippen molar-refractivity contribution in [2.75, 3.05) is 19.1 Å². The number of ketones is 2. The molecule has 12 nitrogen and oxygen atoms in total. The Labute approximate surface area is 244 Å². The zero-order chi connectivity index (χ0) is 31.1. The van der Waals surface area contributed by atoms with Gasteiger partial charge in [-0.15, -0.1) is 11.6 Å². The van der Waals surface area contributed by atoms with Crippen molar-refractivity contribution in [2.24, 2.45) is 28.6 Å². The van der Waals surface area contributed by atoms with Crippen molar-refractivity contribution in [1.82, 2.24) is 0 Å². The lowest BCUT2D eigenvalue weighted by atomic mass is 9.44. The number of aliphatic hydroxyl groups excluding tert-OH is 1. The molecule has 3 fully saturated rings. The quantitative estimate of drug-likeness (QED) is 0.225. The first kappa shape index (κ1) is 32.2. The molecule has 0 saturated heterocycles. The Bertz CT molecular complexity index is 1450. The Hall–Kier alpha value is -1.68. The summed E-state index contributed by atoms with van der Waals surface area (Å²) in [6.45, 7) is 5.12. The monoisotopic (exact) mass is 638 g/mol. The first-order valence-electron chi connectivity index (χ1n) is 13.0. The van der Waals surface area contributed by atoms with Gasteiger partial charge in [-0.25, -0.2) is 0 Å². The lowest BCUT2D eigenvalue weighted by Gasteiger charge is -2.66. The number of Topliss-reactive ketones (excluding diaryl/α,β-unsaturated/α-hetero) is 1. The Morgan fingerprint density at radius 2 is 1.71 bits per heavy atom. The van der Waals surface area contributed by atoms with Gasteiger partial charge in [-0.05, 0) is 42.4 Å². The fourth-order valence-corrected chi connectivity index (χ4v) is 9.74. The Balaban J connectivity index is 1.99. The molecule has 4 rings (SSSR count). The third-order valence-electron chi connectivity index (χ3n) is 9.66. The predicted octanol–water partition coefficient (Wildman–Crippen LogP) is 0.645. The van der Waals surface area contributed by atoms with E-state index in [0.717, 1.165) is 25.5 Å². The van der Waals surface area contributed by atoms with Crippen molar-refractivity contribution in [1.29, 1.82) is 0 Å². The maximum atomic E-state index is 13.4. The van der Waals surface area contributed by atoms with Crippen LogP contribution in [0.5, 0.6) is 0 Å². The third kappa shape index (κ3) is 4.83. The van der Waals surface area contributed by atoms with Gasteiger partial charge in [0.05, 0.1) is 23.5 Å². The van der Waals surface area contributed by atoms with Crippen LogP contribution in [0, 0.1) is 28.6 Å². The second-order valence-electron chi connectivity index (χ2n) is 12.2. The van der Waals surface area contributed by atoms with Gasteiger partial charge < -0.3 is 14.9 Å². The number of esters is 1. The minimum Gasteiger partial charge on any atom is -0.458 e. The summed E-state index contributed by atoms with van der Waals surface area (Å²) in [5.74, 6) is -4.95. The molecule has 0 aromatic carbocycles. The van der Waals surface area contributed by atoms with Crippen LogP contribution >= 0.6 is 11.6 Å². The van der Waals surface area contributed by atoms with Crippen LogP contribution in [-0.4, -0.2) is 92.5 Å². The second kappa shape index (κ2) is 9.93. The van der Waals surface area contributed by atoms with Gasteiger partial charge in [0.1, 0.15) is 17.8 Å². The molecule has 0 spiro atoms. The number of ether oxygens (including phenoxy) is 1. The van der Waals surface area contributed by atoms with Crippen molar-refractivity contribution >= 4 is 49.4 Å². The van der Waals surface area contributed by atoms with E-state index in [9.17, 15) is 41.4 Å². The van der Waals surface area contributed by atoms with Crippen molar-refractivity contribution in [2.45, 2.75) is 69.3 Å². The lowest BCUT2D eigenvalue weighted by Crippen LogP contribution is -2.74. The molecule has 15 heteroatoms. The third-order valence-corrected chi connectivity index (χ3v) is 11.7. The van der Waals surface area contributed by atoms with E-state index in [1.54, 1.807) is 20.8 Å². The lowest BCUT2D eigenvalue weighted by molar-refractivity contribution is -0.194. The van der Waals surface area contributed by atoms with Crippen molar-refractivity contribution in [3.05, 3.63) is 23.8 Å². The second-order valence-corrected chi connectivity index (χ2v) is 16.0. The summed E-state index contributed by atoms with van der Waals surface area (Å²) in [6.07, 6.45) is 0.225. The number of halogens is 1. The normalized spacial score (nSPS) is 43.9. The fourth-order valence-electron chi connectivity index (χ4n) is 8.00. The number of rotatable bonds is 7. The van der Waals surface area contributed by atoms with Gasteiger partial charge in [0.2, 0.25) is 5.78 Å². The van der Waals surface area contributed by atoms with Gasteiger partial charge in [-0.3, -0.25) is 22.7 Å². The van der Waals surface area contributed by atoms with Gasteiger partial charge in [0.15, 0.2) is 12.4 Å². The van der Waals surface area contributed by atoms with E-state index in [1.165, 1.54) is 12.2 Å². The van der Waals surface area contributed by atoms with E-state index in [0.29, 0.717) is 0 Å². The highest BCUT2D eigenvalue weighted by atomic mass is 35.5. The van der Waals surface area contributed by atoms with E-state index >= 15 is 0 Å². The molecule has 0 aromatic heterocycles. The highest BCUT2D eigenvalue weighted by Gasteiger charge is 2.78. The summed E-state index contributed by atoms with van der Waals surface area (Å²) in [5, 5.41) is 23.9. The Morgan fingerprint density at radius 1 is 1.12 bits per heavy atom. The number of hydrogen-bond acceptors (Lipinski definition) is 12. The zero-order valence-corrected chi connectivity index (χ0v) is 25.9. The van der Waals surface area contributed by atoms with Crippen LogP contribution in [0.1, 0.15) is 40.5 Å². The largest absolute Gasteiger partial charge is 0.458 e. The van der Waals surface area contributed by atoms with Crippen LogP contribution in [0.4, 0.5) is 0 Å². The first-order valence-corrected chi connectivity index (χ1v) is 17.0. The standard InChI is InChI=1S/C26H35ClO12S2/c1-13-9-16-20-22(39-41(6,35)36)21(38-40(5,33)34)17-10-15(29)7-8-23(17,3)25(20,27)18(30)11-24(16,4)26(13,32)19(31)12-37-14(2)28/h7-8,10,13,16,18,20-22,30,32H,9,11-12H2,1-6H3/t13-,16+,18+,20-,21+,22-,23+,24+,25-,26+/m1/s1. The molecular weight excluding hydrogens is 604 g/mol. The topological polar surface area (TPSA) is 188 Å². The first-order chi connectivity index (χ1) is 18.5. The van der Waals surface area contributed by atoms with Gasteiger partial charge in [-0.2, -0.15) is 16.8 Å². The number of fused-ring (bicyclic) bond motifs is 5. The average molecular weight is 639 g/mol. The van der Waals surface area contributed by atoms with Crippen LogP contribution in [0.2, 0.25) is 0 Å². The van der Waals surface area contributed by atoms with Crippen molar-refractivity contribution in [3.8, 4) is 0 Å². The number of allylic oxidation sites excluding steroid dienone is 3. The van der Waals surface area contributed by atoms with Gasteiger partial charge >= 0.3 is 5.97 Å². The van der Waals surface area contributed by atoms with Gasteiger partial charge in [-0.1, -0.05) is 26.8 Å². The van der Waals surface area contributed by atoms with Gasteiger partial charge in [0, 0.05) is 23.7 Å². The number of alkyl halides is 1. The smallest absolute Gasteiger partial charge is 0.303 e. The maximum Gasteiger partial charge on any atom is 0.303 e. The summed E-state index contributed by atoms with van der Waals surface area (Å²) in [7, 11) is -8.62. The van der Waals surface area contributed by atoms with Crippen molar-refractivity contribution < 1.29 is 54.5 Å². The Kier molecular flexibility index (Phi) is 7.81. The van der Waals surface area contributed by atoms with Crippen LogP contribution in [0.15, 0.2) is 23.8 Å². The predicted molar refractivity (Wildman–Crippen MR) is 144 cm³/mol. The zero-order valence-electron chi connectivity index (χ0n) is 23.5. The van der Waals surface area contributed by atoms with E-state index in [1.807, 2.05) is 0 Å². The number of aliphatic hydroxyl groups is 2. The molecule has 41 heavy (non-hydrogen) atoms. The molecule has 0 amide bonds. The van der Waals surface area contributed by atoms with Crippen LogP contribution in [0.3, 0.4) is 0 Å². The summed E-state index contributed by atoms with van der Waals surface area (Å²) >= 11 is 7.43. The molecule has 4 aliphatic rings. The molecular formula is C26H35ClO12S2. The summed E-state index contributed by atoms with van der Waals surface area (Å²) in [5.41, 5.74) is -5.06. The maximum absolute atomic E-state index is 13.4. The van der Waals surface area contributed by atoms with E-state index < -0.39 is 102 Å². The molecule has 3 saturated carbocycles. The molecule has 0 unspecified atom stereocenters. The number of hydrogen-bond donors (Lipinski definition) is 2. The van der Waals surface area contributed by atoms with E-state index in [-0.39, 0.29) is 18.4 Å². The average Bonchev–Trinajstić information content (AvgIpc) is 3.01. The minimum absolute atomic E-state index is 0.00483. The summed E-state index contributed by atoms with van der Waals surface area (Å²) in [6, 6.07) is 0. The number of carbonyl (C=O) groups is 3. The molecule has 0 bridgehead atoms. The molecule has 2 N–H and O–H groups in total. The van der Waals surface area contributed by atoms with Crippen molar-refractivity contribution in [3.63, 3.8) is 0 Å². The summed E-state index contributed by atoms with van der Waals surface area (Å²) < 4.78 is 66.0. The molecule has 0 aliphatic heterocycles. The minimum atomic E-state index is -4.34. The molecule has 0 radical (unpaired) electrons. The van der Waals surface area contributed by atoms with E-state index in [4.69, 9.17) is 24.7 Å². The number of carbonyl (C=O) groups excluding carboxylic acids is 3. The SMILES string of the molecule is CC(=O)OCC(=O)[C@@]1(O)[C@H](C)C[C@H]2[C@@H]3[C@@H](OS(C)(=O)=O)[C@@H](OS(C)(=O)=O)C4=CC(=O)C=C[C@]4(C)[C@@]3(Cl)[C@@H](O)C[C@@]21C. The molecule has 0 aromatic rings. The van der Waals surface area contributed by atoms with Crippen LogP contribution in [-0.2, 0) is 47.7 Å². The van der Waals surface area contributed by atoms with E-state index in [2.05, 4.69) is 0 Å². The van der Waals surface area contributed by atoms with Gasteiger partial charge in [0.25, 0.3) is 20.2 Å². The van der Waals surface area contributed by atoms with Crippen LogP contribution < -0.4 is 0 Å². The molecule has 10 atom stereocenters.